The molecule has 0 aliphatic carbocycles. The van der Waals surface area contributed by atoms with E-state index in [1.54, 1.807) is 13.3 Å². The summed E-state index contributed by atoms with van der Waals surface area (Å²) in [6.45, 7) is 1.93. The number of hydrogen-bond acceptors (Lipinski definition) is 3. The zero-order valence-corrected chi connectivity index (χ0v) is 6.59. The third kappa shape index (κ3) is 1.40. The fourth-order valence-electron chi connectivity index (χ4n) is 0.847. The monoisotopic (exact) mass is 153 g/mol. The van der Waals surface area contributed by atoms with Gasteiger partial charge >= 0.3 is 0 Å². The molecule has 11 heavy (non-hydrogen) atoms. The Morgan fingerprint density at radius 3 is 2.82 bits per heavy atom. The molecule has 0 saturated heterocycles. The summed E-state index contributed by atoms with van der Waals surface area (Å²) in [7, 11) is 1.65. The highest BCUT2D eigenvalue weighted by Crippen LogP contribution is 2.07. The van der Waals surface area contributed by atoms with Gasteiger partial charge in [-0.3, -0.25) is 4.99 Å². The van der Waals surface area contributed by atoms with Crippen LogP contribution in [0.15, 0.2) is 21.7 Å². The van der Waals surface area contributed by atoms with Crippen molar-refractivity contribution in [3.05, 3.63) is 23.7 Å². The predicted octanol–water partition coefficient (Wildman–Crippen LogP) is 0.428. The summed E-state index contributed by atoms with van der Waals surface area (Å²) >= 11 is 0. The van der Waals surface area contributed by atoms with Crippen LogP contribution in [0.3, 0.4) is 0 Å². The van der Waals surface area contributed by atoms with E-state index in [9.17, 15) is 0 Å². The summed E-state index contributed by atoms with van der Waals surface area (Å²) in [4.78, 5) is 3.90. The Balaban J connectivity index is 3.00. The Labute approximate surface area is 65.1 Å². The van der Waals surface area contributed by atoms with Crippen LogP contribution in [0.1, 0.15) is 11.3 Å². The van der Waals surface area contributed by atoms with Crippen molar-refractivity contribution in [1.82, 2.24) is 5.43 Å². The van der Waals surface area contributed by atoms with Gasteiger partial charge < -0.3 is 9.84 Å². The molecule has 4 heteroatoms. The van der Waals surface area contributed by atoms with Crippen LogP contribution in [0.25, 0.3) is 0 Å². The number of aryl methyl sites for hydroxylation is 1. The Morgan fingerprint density at radius 1 is 1.73 bits per heavy atom. The summed E-state index contributed by atoms with van der Waals surface area (Å²) in [5, 5.41) is 0. The Hall–Kier alpha value is -1.29. The molecule has 0 saturated carbocycles. The first-order valence-electron chi connectivity index (χ1n) is 3.27. The van der Waals surface area contributed by atoms with Gasteiger partial charge in [-0.25, -0.2) is 5.84 Å². The van der Waals surface area contributed by atoms with Crippen molar-refractivity contribution >= 4 is 5.84 Å². The molecule has 0 amide bonds. The summed E-state index contributed by atoms with van der Waals surface area (Å²) in [6, 6.07) is 1.86. The molecule has 0 atom stereocenters. The highest BCUT2D eigenvalue weighted by Gasteiger charge is 2.06. The van der Waals surface area contributed by atoms with E-state index in [0.29, 0.717) is 11.6 Å². The molecule has 0 bridgehead atoms. The highest BCUT2D eigenvalue weighted by atomic mass is 16.3. The Kier molecular flexibility index (Phi) is 2.28. The first kappa shape index (κ1) is 7.81. The molecular weight excluding hydrogens is 142 g/mol. The molecule has 1 heterocycles. The third-order valence-electron chi connectivity index (χ3n) is 1.44. The summed E-state index contributed by atoms with van der Waals surface area (Å²) in [6.07, 6.45) is 1.60. The molecule has 0 aromatic carbocycles. The predicted molar refractivity (Wildman–Crippen MR) is 43.2 cm³/mol. The van der Waals surface area contributed by atoms with Gasteiger partial charge in [0.05, 0.1) is 6.26 Å². The molecule has 1 rings (SSSR count). The van der Waals surface area contributed by atoms with E-state index < -0.39 is 0 Å². The molecule has 0 aliphatic rings. The van der Waals surface area contributed by atoms with Crippen LogP contribution in [0.2, 0.25) is 0 Å². The van der Waals surface area contributed by atoms with Crippen molar-refractivity contribution in [3.8, 4) is 0 Å². The van der Waals surface area contributed by atoms with Crippen LogP contribution >= 0.6 is 0 Å². The lowest BCUT2D eigenvalue weighted by atomic mass is 10.3. The maximum absolute atomic E-state index is 5.20. The minimum Gasteiger partial charge on any atom is -0.461 e. The summed E-state index contributed by atoms with van der Waals surface area (Å²) in [5.74, 6) is 6.45. The van der Waals surface area contributed by atoms with Gasteiger partial charge in [0.1, 0.15) is 0 Å². The van der Waals surface area contributed by atoms with Crippen LogP contribution < -0.4 is 11.3 Å². The van der Waals surface area contributed by atoms with Gasteiger partial charge in [-0.15, -0.1) is 0 Å². The first-order valence-corrected chi connectivity index (χ1v) is 3.27. The zero-order chi connectivity index (χ0) is 8.27. The average molecular weight is 153 g/mol. The number of aliphatic imine (C=N–C) groups is 1. The molecule has 0 aliphatic heterocycles. The van der Waals surface area contributed by atoms with Crippen molar-refractivity contribution in [1.29, 1.82) is 0 Å². The number of nitrogens with two attached hydrogens (primary N) is 1. The van der Waals surface area contributed by atoms with Crippen LogP contribution in [0.5, 0.6) is 0 Å². The van der Waals surface area contributed by atoms with Crippen molar-refractivity contribution < 1.29 is 4.42 Å². The fraction of sp³-hybridized carbons (Fsp3) is 0.286. The highest BCUT2D eigenvalue weighted by molar-refractivity contribution is 5.96. The topological polar surface area (TPSA) is 63.5 Å². The molecule has 0 unspecified atom stereocenters. The Bertz CT molecular complexity index is 264. The maximum Gasteiger partial charge on any atom is 0.179 e. The molecule has 0 spiro atoms. The van der Waals surface area contributed by atoms with Crippen molar-refractivity contribution in [3.63, 3.8) is 0 Å². The lowest BCUT2D eigenvalue weighted by Gasteiger charge is -2.00. The summed E-state index contributed by atoms with van der Waals surface area (Å²) < 4.78 is 5.13. The van der Waals surface area contributed by atoms with Gasteiger partial charge in [0.15, 0.2) is 11.6 Å². The molecule has 0 radical (unpaired) electrons. The lowest BCUT2D eigenvalue weighted by molar-refractivity contribution is 0.551. The second-order valence-electron chi connectivity index (χ2n) is 2.15. The van der Waals surface area contributed by atoms with Crippen molar-refractivity contribution in [2.45, 2.75) is 6.92 Å². The van der Waals surface area contributed by atoms with Crippen LogP contribution in [-0.2, 0) is 0 Å². The normalized spacial score (nSPS) is 11.7. The Morgan fingerprint density at radius 2 is 2.45 bits per heavy atom. The number of nitrogens with zero attached hydrogens (tertiary/aromatic N) is 1. The molecule has 1 aromatic heterocycles. The third-order valence-corrected chi connectivity index (χ3v) is 1.44. The number of hydrogen-bond donors (Lipinski definition) is 2. The number of nitrogens with one attached hydrogen (secondary N) is 1. The lowest BCUT2D eigenvalue weighted by Crippen LogP contribution is -2.31. The van der Waals surface area contributed by atoms with E-state index >= 15 is 0 Å². The summed E-state index contributed by atoms with van der Waals surface area (Å²) in [5.41, 5.74) is 3.47. The number of rotatable bonds is 1. The molecular formula is C7H11N3O. The minimum atomic E-state index is 0.563. The van der Waals surface area contributed by atoms with E-state index in [1.165, 1.54) is 0 Å². The SMILES string of the molecule is CN=C(NN)c1occc1C. The molecule has 1 aromatic rings. The second kappa shape index (κ2) is 3.21. The van der Waals surface area contributed by atoms with Crippen LogP contribution in [0, 0.1) is 6.92 Å². The van der Waals surface area contributed by atoms with Gasteiger partial charge in [0.2, 0.25) is 0 Å². The van der Waals surface area contributed by atoms with E-state index in [0.717, 1.165) is 5.56 Å². The van der Waals surface area contributed by atoms with Crippen LogP contribution in [-0.4, -0.2) is 12.9 Å². The second-order valence-corrected chi connectivity index (χ2v) is 2.15. The van der Waals surface area contributed by atoms with E-state index in [-0.39, 0.29) is 0 Å². The standard InChI is InChI=1S/C7H11N3O/c1-5-3-4-11-6(5)7(9-2)10-8/h3-4H,8H2,1-2H3,(H,9,10). The van der Waals surface area contributed by atoms with Gasteiger partial charge in [0, 0.05) is 7.05 Å². The molecule has 3 N–H and O–H groups in total. The maximum atomic E-state index is 5.20. The van der Waals surface area contributed by atoms with Crippen LogP contribution in [0.4, 0.5) is 0 Å². The average Bonchev–Trinajstić information content (AvgIpc) is 2.40. The van der Waals surface area contributed by atoms with E-state index in [4.69, 9.17) is 10.3 Å². The van der Waals surface area contributed by atoms with E-state index in [2.05, 4.69) is 10.4 Å². The molecule has 60 valence electrons. The van der Waals surface area contributed by atoms with Crippen molar-refractivity contribution in [2.24, 2.45) is 10.8 Å². The van der Waals surface area contributed by atoms with E-state index in [1.807, 2.05) is 13.0 Å². The van der Waals surface area contributed by atoms with Gasteiger partial charge in [0.25, 0.3) is 0 Å². The number of hydrazine groups is 1. The quantitative estimate of drug-likeness (QED) is 0.266. The first-order chi connectivity index (χ1) is 5.29. The van der Waals surface area contributed by atoms with Gasteiger partial charge in [-0.1, -0.05) is 0 Å². The number of amidine groups is 1. The smallest absolute Gasteiger partial charge is 0.179 e. The van der Waals surface area contributed by atoms with Gasteiger partial charge in [-0.2, -0.15) is 0 Å². The minimum absolute atomic E-state index is 0.563. The zero-order valence-electron chi connectivity index (χ0n) is 6.59. The molecule has 0 fully saturated rings. The molecule has 4 nitrogen and oxygen atoms in total. The van der Waals surface area contributed by atoms with Gasteiger partial charge in [-0.05, 0) is 18.6 Å². The van der Waals surface area contributed by atoms with Crippen molar-refractivity contribution in [2.75, 3.05) is 7.05 Å². The fourth-order valence-corrected chi connectivity index (χ4v) is 0.847. The number of furan rings is 1. The largest absolute Gasteiger partial charge is 0.461 e.